The van der Waals surface area contributed by atoms with Crippen LogP contribution in [0.4, 0.5) is 0 Å². The number of aryl methyl sites for hydroxylation is 1. The fourth-order valence-corrected chi connectivity index (χ4v) is 2.48. The smallest absolute Gasteiger partial charge is 0.227 e. The topological polar surface area (TPSA) is 46.3 Å². The van der Waals surface area contributed by atoms with E-state index in [1.807, 2.05) is 30.0 Å². The van der Waals surface area contributed by atoms with Gasteiger partial charge in [0.2, 0.25) is 5.91 Å². The van der Waals surface area contributed by atoms with Crippen molar-refractivity contribution in [3.8, 4) is 0 Å². The molecule has 19 heavy (non-hydrogen) atoms. The van der Waals surface area contributed by atoms with E-state index < -0.39 is 0 Å². The van der Waals surface area contributed by atoms with Gasteiger partial charge in [0.05, 0.1) is 6.42 Å². The Balaban J connectivity index is 2.76. The summed E-state index contributed by atoms with van der Waals surface area (Å²) < 4.78 is 0. The first kappa shape index (κ1) is 15.7. The van der Waals surface area contributed by atoms with Crippen molar-refractivity contribution >= 4 is 5.91 Å². The third-order valence-electron chi connectivity index (χ3n) is 3.51. The maximum atomic E-state index is 12.4. The van der Waals surface area contributed by atoms with E-state index in [0.29, 0.717) is 25.6 Å². The lowest BCUT2D eigenvalue weighted by Gasteiger charge is -2.30. The van der Waals surface area contributed by atoms with Gasteiger partial charge in [0.25, 0.3) is 0 Å². The Morgan fingerprint density at radius 1 is 1.32 bits per heavy atom. The Labute approximate surface area is 116 Å². The normalized spacial score (nSPS) is 10.8. The van der Waals surface area contributed by atoms with Crippen LogP contribution in [0.2, 0.25) is 0 Å². The van der Waals surface area contributed by atoms with Crippen molar-refractivity contribution in [2.24, 2.45) is 5.73 Å². The van der Waals surface area contributed by atoms with Crippen molar-refractivity contribution in [2.75, 3.05) is 13.1 Å². The van der Waals surface area contributed by atoms with Gasteiger partial charge >= 0.3 is 0 Å². The maximum absolute atomic E-state index is 12.4. The molecule has 1 amide bonds. The maximum Gasteiger partial charge on any atom is 0.227 e. The van der Waals surface area contributed by atoms with Crippen molar-refractivity contribution in [1.82, 2.24) is 4.90 Å². The predicted molar refractivity (Wildman–Crippen MR) is 80.0 cm³/mol. The predicted octanol–water partition coefficient (Wildman–Crippen LogP) is 2.51. The lowest BCUT2D eigenvalue weighted by molar-refractivity contribution is -0.132. The van der Waals surface area contributed by atoms with Gasteiger partial charge in [-0.05, 0) is 25.3 Å². The van der Waals surface area contributed by atoms with Crippen LogP contribution in [0.1, 0.15) is 37.8 Å². The highest BCUT2D eigenvalue weighted by Crippen LogP contribution is 2.12. The van der Waals surface area contributed by atoms with Crippen molar-refractivity contribution < 1.29 is 4.79 Å². The van der Waals surface area contributed by atoms with Gasteiger partial charge in [-0.25, -0.2) is 0 Å². The first-order chi connectivity index (χ1) is 9.12. The second-order valence-corrected chi connectivity index (χ2v) is 5.01. The molecule has 0 aromatic heterocycles. The SMILES string of the molecule is CCC(CC)N(CCN)C(=O)Cc1cccc(C)c1. The minimum atomic E-state index is 0.185. The van der Waals surface area contributed by atoms with E-state index in [2.05, 4.69) is 19.9 Å². The van der Waals surface area contributed by atoms with Gasteiger partial charge in [-0.1, -0.05) is 43.7 Å². The summed E-state index contributed by atoms with van der Waals surface area (Å²) >= 11 is 0. The van der Waals surface area contributed by atoms with E-state index in [1.165, 1.54) is 5.56 Å². The van der Waals surface area contributed by atoms with Crippen LogP contribution in [0.3, 0.4) is 0 Å². The summed E-state index contributed by atoms with van der Waals surface area (Å²) in [6.45, 7) is 7.47. The van der Waals surface area contributed by atoms with Crippen molar-refractivity contribution in [3.05, 3.63) is 35.4 Å². The summed E-state index contributed by atoms with van der Waals surface area (Å²) in [6.07, 6.45) is 2.43. The van der Waals surface area contributed by atoms with Crippen molar-refractivity contribution in [1.29, 1.82) is 0 Å². The summed E-state index contributed by atoms with van der Waals surface area (Å²) in [4.78, 5) is 14.4. The molecule has 106 valence electrons. The van der Waals surface area contributed by atoms with Gasteiger partial charge < -0.3 is 10.6 Å². The highest BCUT2D eigenvalue weighted by molar-refractivity contribution is 5.79. The lowest BCUT2D eigenvalue weighted by Crippen LogP contribution is -2.43. The van der Waals surface area contributed by atoms with Crippen LogP contribution in [0.25, 0.3) is 0 Å². The van der Waals surface area contributed by atoms with Crippen LogP contribution in [0.5, 0.6) is 0 Å². The second-order valence-electron chi connectivity index (χ2n) is 5.01. The molecule has 0 spiro atoms. The van der Waals surface area contributed by atoms with E-state index >= 15 is 0 Å². The lowest BCUT2D eigenvalue weighted by atomic mass is 10.1. The minimum absolute atomic E-state index is 0.185. The Hall–Kier alpha value is -1.35. The van der Waals surface area contributed by atoms with Gasteiger partial charge in [0.15, 0.2) is 0 Å². The molecule has 1 aromatic carbocycles. The third kappa shape index (κ3) is 4.67. The van der Waals surface area contributed by atoms with Crippen LogP contribution in [-0.2, 0) is 11.2 Å². The molecule has 0 atom stereocenters. The molecular weight excluding hydrogens is 236 g/mol. The molecule has 0 aliphatic rings. The summed E-state index contributed by atoms with van der Waals surface area (Å²) in [5, 5.41) is 0. The molecule has 0 bridgehead atoms. The molecule has 1 rings (SSSR count). The minimum Gasteiger partial charge on any atom is -0.338 e. The van der Waals surface area contributed by atoms with Gasteiger partial charge in [-0.15, -0.1) is 0 Å². The molecular formula is C16H26N2O. The van der Waals surface area contributed by atoms with Crippen LogP contribution in [0.15, 0.2) is 24.3 Å². The second kappa shape index (κ2) is 7.95. The Bertz CT molecular complexity index is 399. The number of hydrogen-bond acceptors (Lipinski definition) is 2. The number of nitrogens with two attached hydrogens (primary N) is 1. The van der Waals surface area contributed by atoms with Crippen LogP contribution < -0.4 is 5.73 Å². The van der Waals surface area contributed by atoms with Crippen LogP contribution in [-0.4, -0.2) is 29.9 Å². The van der Waals surface area contributed by atoms with Crippen LogP contribution in [0, 0.1) is 6.92 Å². The first-order valence-corrected chi connectivity index (χ1v) is 7.17. The fourth-order valence-electron chi connectivity index (χ4n) is 2.48. The monoisotopic (exact) mass is 262 g/mol. The number of benzene rings is 1. The molecule has 0 aliphatic heterocycles. The van der Waals surface area contributed by atoms with E-state index in [4.69, 9.17) is 5.73 Å². The highest BCUT2D eigenvalue weighted by Gasteiger charge is 2.20. The Morgan fingerprint density at radius 2 is 2.00 bits per heavy atom. The van der Waals surface area contributed by atoms with Gasteiger partial charge in [0.1, 0.15) is 0 Å². The van der Waals surface area contributed by atoms with E-state index in [1.54, 1.807) is 0 Å². The zero-order valence-corrected chi connectivity index (χ0v) is 12.4. The average molecular weight is 262 g/mol. The molecule has 0 saturated carbocycles. The Kier molecular flexibility index (Phi) is 6.57. The molecule has 1 aromatic rings. The molecule has 2 N–H and O–H groups in total. The molecule has 0 heterocycles. The van der Waals surface area contributed by atoms with Gasteiger partial charge in [-0.2, -0.15) is 0 Å². The average Bonchev–Trinajstić information content (AvgIpc) is 2.39. The molecule has 3 nitrogen and oxygen atoms in total. The molecule has 0 saturated heterocycles. The van der Waals surface area contributed by atoms with Crippen molar-refractivity contribution in [2.45, 2.75) is 46.1 Å². The zero-order valence-electron chi connectivity index (χ0n) is 12.4. The van der Waals surface area contributed by atoms with E-state index in [9.17, 15) is 4.79 Å². The number of nitrogens with zero attached hydrogens (tertiary/aromatic N) is 1. The standard InChI is InChI=1S/C16H26N2O/c1-4-15(5-2)18(10-9-17)16(19)12-14-8-6-7-13(3)11-14/h6-8,11,15H,4-5,9-10,12,17H2,1-3H3. The number of amides is 1. The molecule has 0 fully saturated rings. The van der Waals surface area contributed by atoms with E-state index in [-0.39, 0.29) is 5.91 Å². The quantitative estimate of drug-likeness (QED) is 0.820. The molecule has 0 unspecified atom stereocenters. The molecule has 3 heteroatoms. The highest BCUT2D eigenvalue weighted by atomic mass is 16.2. The summed E-state index contributed by atoms with van der Waals surface area (Å²) in [7, 11) is 0. The summed E-state index contributed by atoms with van der Waals surface area (Å²) in [5.41, 5.74) is 7.91. The summed E-state index contributed by atoms with van der Waals surface area (Å²) in [6, 6.07) is 8.44. The number of hydrogen-bond donors (Lipinski definition) is 1. The molecule has 0 radical (unpaired) electrons. The molecule has 0 aliphatic carbocycles. The van der Waals surface area contributed by atoms with Crippen LogP contribution >= 0.6 is 0 Å². The first-order valence-electron chi connectivity index (χ1n) is 7.17. The largest absolute Gasteiger partial charge is 0.338 e. The van der Waals surface area contributed by atoms with Gasteiger partial charge in [-0.3, -0.25) is 4.79 Å². The van der Waals surface area contributed by atoms with Gasteiger partial charge in [0, 0.05) is 19.1 Å². The van der Waals surface area contributed by atoms with Crippen molar-refractivity contribution in [3.63, 3.8) is 0 Å². The number of carbonyl (C=O) groups excluding carboxylic acids is 1. The number of carbonyl (C=O) groups is 1. The third-order valence-corrected chi connectivity index (χ3v) is 3.51. The zero-order chi connectivity index (χ0) is 14.3. The Morgan fingerprint density at radius 3 is 2.53 bits per heavy atom. The summed E-state index contributed by atoms with van der Waals surface area (Å²) in [5.74, 6) is 0.185. The van der Waals surface area contributed by atoms with E-state index in [0.717, 1.165) is 18.4 Å². The number of rotatable bonds is 7. The fraction of sp³-hybridized carbons (Fsp3) is 0.562.